The molecule has 0 aromatic carbocycles. The zero-order valence-electron chi connectivity index (χ0n) is 12.3. The van der Waals surface area contributed by atoms with Gasteiger partial charge in [-0.3, -0.25) is 4.79 Å². The standard InChI is InChI=1S/C13H28N2O3/c1-11(12(16)15-13(2,3)4)14-7-10-18-9-6-8-17-5/h11,14H,6-10H2,1-5H3,(H,15,16). The monoisotopic (exact) mass is 260 g/mol. The van der Waals surface area contributed by atoms with Gasteiger partial charge in [0.25, 0.3) is 0 Å². The molecule has 0 aliphatic rings. The van der Waals surface area contributed by atoms with Crippen LogP contribution in [0.1, 0.15) is 34.1 Å². The molecule has 1 amide bonds. The van der Waals surface area contributed by atoms with E-state index in [0.29, 0.717) is 19.8 Å². The van der Waals surface area contributed by atoms with Crippen LogP contribution < -0.4 is 10.6 Å². The average Bonchev–Trinajstić information content (AvgIpc) is 2.25. The Labute approximate surface area is 111 Å². The van der Waals surface area contributed by atoms with Crippen molar-refractivity contribution in [1.82, 2.24) is 10.6 Å². The minimum atomic E-state index is -0.202. The third kappa shape index (κ3) is 10.5. The van der Waals surface area contributed by atoms with E-state index < -0.39 is 0 Å². The van der Waals surface area contributed by atoms with Gasteiger partial charge in [-0.15, -0.1) is 0 Å². The predicted octanol–water partition coefficient (Wildman–Crippen LogP) is 0.932. The fourth-order valence-corrected chi connectivity index (χ4v) is 1.33. The van der Waals surface area contributed by atoms with E-state index in [0.717, 1.165) is 13.0 Å². The Morgan fingerprint density at radius 3 is 2.44 bits per heavy atom. The molecule has 0 aliphatic heterocycles. The minimum absolute atomic E-state index is 0.0156. The first-order chi connectivity index (χ1) is 8.37. The van der Waals surface area contributed by atoms with Crippen LogP contribution in [0.3, 0.4) is 0 Å². The Morgan fingerprint density at radius 2 is 1.89 bits per heavy atom. The van der Waals surface area contributed by atoms with Crippen LogP contribution in [0.5, 0.6) is 0 Å². The van der Waals surface area contributed by atoms with Gasteiger partial charge in [0.2, 0.25) is 5.91 Å². The summed E-state index contributed by atoms with van der Waals surface area (Å²) in [5.74, 6) is 0.0156. The topological polar surface area (TPSA) is 59.6 Å². The van der Waals surface area contributed by atoms with Gasteiger partial charge in [-0.2, -0.15) is 0 Å². The van der Waals surface area contributed by atoms with Crippen LogP contribution in [0.15, 0.2) is 0 Å². The second-order valence-corrected chi connectivity index (χ2v) is 5.37. The number of carbonyl (C=O) groups is 1. The molecule has 2 N–H and O–H groups in total. The number of carbonyl (C=O) groups excluding carboxylic acids is 1. The van der Waals surface area contributed by atoms with Gasteiger partial charge in [0.1, 0.15) is 0 Å². The molecule has 0 saturated carbocycles. The highest BCUT2D eigenvalue weighted by Crippen LogP contribution is 1.99. The van der Waals surface area contributed by atoms with Crippen LogP contribution in [-0.4, -0.2) is 51.0 Å². The fraction of sp³-hybridized carbons (Fsp3) is 0.923. The van der Waals surface area contributed by atoms with Crippen LogP contribution >= 0.6 is 0 Å². The Balaban J connectivity index is 3.52. The third-order valence-corrected chi connectivity index (χ3v) is 2.23. The van der Waals surface area contributed by atoms with Crippen molar-refractivity contribution in [1.29, 1.82) is 0 Å². The summed E-state index contributed by atoms with van der Waals surface area (Å²) in [6, 6.07) is -0.202. The van der Waals surface area contributed by atoms with E-state index in [-0.39, 0.29) is 17.5 Å². The summed E-state index contributed by atoms with van der Waals surface area (Å²) < 4.78 is 10.3. The molecule has 0 fully saturated rings. The number of methoxy groups -OCH3 is 1. The number of hydrogen-bond acceptors (Lipinski definition) is 4. The molecule has 5 heteroatoms. The lowest BCUT2D eigenvalue weighted by atomic mass is 10.1. The molecule has 0 saturated heterocycles. The molecule has 0 aliphatic carbocycles. The molecule has 0 radical (unpaired) electrons. The summed E-state index contributed by atoms with van der Waals surface area (Å²) in [6.07, 6.45) is 0.899. The van der Waals surface area contributed by atoms with Crippen LogP contribution in [0, 0.1) is 0 Å². The molecule has 108 valence electrons. The van der Waals surface area contributed by atoms with Crippen molar-refractivity contribution >= 4 is 5.91 Å². The van der Waals surface area contributed by atoms with Gasteiger partial charge in [0, 0.05) is 32.4 Å². The summed E-state index contributed by atoms with van der Waals surface area (Å²) in [6.45, 7) is 10.5. The Kier molecular flexibility index (Phi) is 8.97. The SMILES string of the molecule is COCCCOCCNC(C)C(=O)NC(C)(C)C. The van der Waals surface area contributed by atoms with E-state index in [9.17, 15) is 4.79 Å². The van der Waals surface area contributed by atoms with Gasteiger partial charge in [-0.05, 0) is 34.1 Å². The number of nitrogens with one attached hydrogen (secondary N) is 2. The molecule has 1 unspecified atom stereocenters. The molecule has 0 spiro atoms. The first-order valence-corrected chi connectivity index (χ1v) is 6.49. The summed E-state index contributed by atoms with van der Waals surface area (Å²) in [5.41, 5.74) is -0.191. The van der Waals surface area contributed by atoms with Gasteiger partial charge in [-0.1, -0.05) is 0 Å². The Hall–Kier alpha value is -0.650. The van der Waals surface area contributed by atoms with Crippen molar-refractivity contribution < 1.29 is 14.3 Å². The predicted molar refractivity (Wildman–Crippen MR) is 72.7 cm³/mol. The van der Waals surface area contributed by atoms with Gasteiger partial charge < -0.3 is 20.1 Å². The van der Waals surface area contributed by atoms with Crippen molar-refractivity contribution in [3.05, 3.63) is 0 Å². The van der Waals surface area contributed by atoms with Gasteiger partial charge >= 0.3 is 0 Å². The van der Waals surface area contributed by atoms with Crippen LogP contribution in [0.2, 0.25) is 0 Å². The van der Waals surface area contributed by atoms with Crippen molar-refractivity contribution in [3.63, 3.8) is 0 Å². The molecule has 0 bridgehead atoms. The van der Waals surface area contributed by atoms with E-state index in [1.54, 1.807) is 7.11 Å². The zero-order valence-corrected chi connectivity index (χ0v) is 12.3. The van der Waals surface area contributed by atoms with Gasteiger partial charge in [-0.25, -0.2) is 0 Å². The second kappa shape index (κ2) is 9.30. The van der Waals surface area contributed by atoms with Gasteiger partial charge in [0.15, 0.2) is 0 Å². The number of rotatable bonds is 9. The third-order valence-electron chi connectivity index (χ3n) is 2.23. The highest BCUT2D eigenvalue weighted by Gasteiger charge is 2.18. The molecule has 1 atom stereocenters. The van der Waals surface area contributed by atoms with Crippen molar-refractivity contribution in [2.24, 2.45) is 0 Å². The summed E-state index contributed by atoms with van der Waals surface area (Å²) >= 11 is 0. The maximum Gasteiger partial charge on any atom is 0.237 e. The maximum atomic E-state index is 11.7. The largest absolute Gasteiger partial charge is 0.385 e. The molecular weight excluding hydrogens is 232 g/mol. The minimum Gasteiger partial charge on any atom is -0.385 e. The highest BCUT2D eigenvalue weighted by atomic mass is 16.5. The van der Waals surface area contributed by atoms with E-state index in [1.165, 1.54) is 0 Å². The van der Waals surface area contributed by atoms with Crippen LogP contribution in [-0.2, 0) is 14.3 Å². The lowest BCUT2D eigenvalue weighted by Gasteiger charge is -2.23. The van der Waals surface area contributed by atoms with E-state index in [4.69, 9.17) is 9.47 Å². The lowest BCUT2D eigenvalue weighted by molar-refractivity contribution is -0.124. The van der Waals surface area contributed by atoms with E-state index in [2.05, 4.69) is 10.6 Å². The normalized spacial score (nSPS) is 13.4. The quantitative estimate of drug-likeness (QED) is 0.606. The number of hydrogen-bond donors (Lipinski definition) is 2. The summed E-state index contributed by atoms with van der Waals surface area (Å²) in [7, 11) is 1.68. The molecule has 0 aromatic rings. The molecule has 0 aromatic heterocycles. The molecule has 0 rings (SSSR count). The van der Waals surface area contributed by atoms with Crippen molar-refractivity contribution in [3.8, 4) is 0 Å². The molecule has 18 heavy (non-hydrogen) atoms. The first-order valence-electron chi connectivity index (χ1n) is 6.49. The smallest absolute Gasteiger partial charge is 0.237 e. The zero-order chi connectivity index (χ0) is 14.0. The van der Waals surface area contributed by atoms with E-state index >= 15 is 0 Å². The number of ether oxygens (including phenoxy) is 2. The highest BCUT2D eigenvalue weighted by molar-refractivity contribution is 5.81. The van der Waals surface area contributed by atoms with Crippen molar-refractivity contribution in [2.45, 2.75) is 45.7 Å². The maximum absolute atomic E-state index is 11.7. The second-order valence-electron chi connectivity index (χ2n) is 5.37. The van der Waals surface area contributed by atoms with Crippen LogP contribution in [0.25, 0.3) is 0 Å². The average molecular weight is 260 g/mol. The van der Waals surface area contributed by atoms with Crippen LogP contribution in [0.4, 0.5) is 0 Å². The number of amides is 1. The molecule has 0 heterocycles. The lowest BCUT2D eigenvalue weighted by Crippen LogP contribution is -2.50. The summed E-state index contributed by atoms with van der Waals surface area (Å²) in [5, 5.41) is 6.06. The fourth-order valence-electron chi connectivity index (χ4n) is 1.33. The Bertz CT molecular complexity index is 227. The van der Waals surface area contributed by atoms with Gasteiger partial charge in [0.05, 0.1) is 12.6 Å². The summed E-state index contributed by atoms with van der Waals surface area (Å²) in [4.78, 5) is 11.7. The molecular formula is C13H28N2O3. The molecule has 5 nitrogen and oxygen atoms in total. The van der Waals surface area contributed by atoms with E-state index in [1.807, 2.05) is 27.7 Å². The Morgan fingerprint density at radius 1 is 1.22 bits per heavy atom. The van der Waals surface area contributed by atoms with Crippen molar-refractivity contribution in [2.75, 3.05) is 33.5 Å². The first kappa shape index (κ1) is 17.4.